The number of carbonyl (C=O) groups is 2. The van der Waals surface area contributed by atoms with Gasteiger partial charge in [0, 0.05) is 39.3 Å². The third-order valence-electron chi connectivity index (χ3n) is 12.0. The molecule has 254 valence electrons. The van der Waals surface area contributed by atoms with Gasteiger partial charge in [-0.25, -0.2) is 0 Å². The predicted molar refractivity (Wildman–Crippen MR) is 161 cm³/mol. The molecule has 9 rings (SSSR count). The van der Waals surface area contributed by atoms with Crippen LogP contribution in [0.1, 0.15) is 90.9 Å². The fourth-order valence-electron chi connectivity index (χ4n) is 9.79. The maximum absolute atomic E-state index is 11.8. The number of rotatable bonds is 12. The minimum atomic E-state index is -0.136. The molecule has 45 heavy (non-hydrogen) atoms. The number of epoxide rings is 2. The molecule has 3 aliphatic carbocycles. The van der Waals surface area contributed by atoms with Crippen LogP contribution < -0.4 is 0 Å². The number of hydrogen-bond acceptors (Lipinski definition) is 10. The molecule has 1 spiro atoms. The zero-order valence-corrected chi connectivity index (χ0v) is 27.2. The van der Waals surface area contributed by atoms with Gasteiger partial charge in [0.05, 0.1) is 37.3 Å². The molecule has 0 aromatic rings. The Hall–Kier alpha value is -1.30. The van der Waals surface area contributed by atoms with Crippen molar-refractivity contribution in [3.8, 4) is 0 Å². The zero-order valence-electron chi connectivity index (χ0n) is 27.2. The minimum Gasteiger partial charge on any atom is -0.465 e. The summed E-state index contributed by atoms with van der Waals surface area (Å²) in [6.45, 7) is 7.46. The highest BCUT2D eigenvalue weighted by molar-refractivity contribution is 5.74. The first-order valence-corrected chi connectivity index (χ1v) is 18.1. The van der Waals surface area contributed by atoms with E-state index in [-0.39, 0.29) is 72.6 Å². The lowest BCUT2D eigenvalue weighted by Gasteiger charge is -2.33. The maximum atomic E-state index is 11.8. The van der Waals surface area contributed by atoms with Crippen LogP contribution >= 0.6 is 0 Å². The van der Waals surface area contributed by atoms with Gasteiger partial charge in [-0.05, 0) is 76.0 Å². The third-order valence-corrected chi connectivity index (χ3v) is 12.0. The first-order valence-electron chi connectivity index (χ1n) is 18.1. The Bertz CT molecular complexity index is 970. The summed E-state index contributed by atoms with van der Waals surface area (Å²) >= 11 is 0. The lowest BCUT2D eigenvalue weighted by molar-refractivity contribution is -0.152. The van der Waals surface area contributed by atoms with E-state index in [1.165, 1.54) is 5.92 Å². The van der Waals surface area contributed by atoms with E-state index in [0.29, 0.717) is 39.6 Å². The summed E-state index contributed by atoms with van der Waals surface area (Å²) in [5.41, 5.74) is 0.906. The van der Waals surface area contributed by atoms with Crippen molar-refractivity contribution in [1.29, 1.82) is 0 Å². The van der Waals surface area contributed by atoms with Crippen molar-refractivity contribution in [2.45, 2.75) is 140 Å². The Balaban J connectivity index is 0.000000111. The first-order chi connectivity index (χ1) is 22.0. The fourth-order valence-corrected chi connectivity index (χ4v) is 9.79. The highest BCUT2D eigenvalue weighted by Crippen LogP contribution is 2.62. The Kier molecular flexibility index (Phi) is 10.1. The molecule has 9 fully saturated rings. The van der Waals surface area contributed by atoms with E-state index in [4.69, 9.17) is 37.9 Å². The Morgan fingerprint density at radius 2 is 1.18 bits per heavy atom. The molecular formula is C35H54O10. The lowest BCUT2D eigenvalue weighted by atomic mass is 9.72. The molecular weight excluding hydrogens is 580 g/mol. The minimum absolute atomic E-state index is 0.0515. The molecule has 10 heteroatoms. The summed E-state index contributed by atoms with van der Waals surface area (Å²) in [5, 5.41) is 0. The van der Waals surface area contributed by atoms with Gasteiger partial charge in [-0.2, -0.15) is 0 Å². The molecule has 6 saturated heterocycles. The number of hydrogen-bond donors (Lipinski definition) is 0. The van der Waals surface area contributed by atoms with Crippen LogP contribution in [0.15, 0.2) is 0 Å². The van der Waals surface area contributed by atoms with Crippen molar-refractivity contribution in [2.24, 2.45) is 29.1 Å². The van der Waals surface area contributed by atoms with E-state index in [2.05, 4.69) is 0 Å². The predicted octanol–water partition coefficient (Wildman–Crippen LogP) is 4.39. The summed E-state index contributed by atoms with van der Waals surface area (Å²) in [6, 6.07) is 0. The van der Waals surface area contributed by atoms with Crippen LogP contribution in [0.2, 0.25) is 0 Å². The van der Waals surface area contributed by atoms with Crippen LogP contribution in [0.25, 0.3) is 0 Å². The van der Waals surface area contributed by atoms with Crippen molar-refractivity contribution < 1.29 is 47.5 Å². The van der Waals surface area contributed by atoms with Crippen LogP contribution in [0.3, 0.4) is 0 Å². The summed E-state index contributed by atoms with van der Waals surface area (Å²) in [6.07, 6.45) is 16.7. The van der Waals surface area contributed by atoms with E-state index >= 15 is 0 Å². The van der Waals surface area contributed by atoms with Crippen LogP contribution in [0.4, 0.5) is 0 Å². The first kappa shape index (κ1) is 32.3. The average molecular weight is 635 g/mol. The Morgan fingerprint density at radius 1 is 0.644 bits per heavy atom. The van der Waals surface area contributed by atoms with Gasteiger partial charge in [0.1, 0.15) is 36.6 Å². The molecule has 0 amide bonds. The molecule has 3 saturated carbocycles. The van der Waals surface area contributed by atoms with Gasteiger partial charge in [0.2, 0.25) is 0 Å². The van der Waals surface area contributed by atoms with Crippen molar-refractivity contribution >= 4 is 11.9 Å². The fraction of sp³-hybridized carbons (Fsp3) is 0.943. The highest BCUT2D eigenvalue weighted by Gasteiger charge is 2.67. The van der Waals surface area contributed by atoms with E-state index in [1.807, 2.05) is 13.8 Å². The largest absolute Gasteiger partial charge is 0.465 e. The van der Waals surface area contributed by atoms with Gasteiger partial charge in [0.25, 0.3) is 0 Å². The van der Waals surface area contributed by atoms with E-state index in [1.54, 1.807) is 51.4 Å². The van der Waals surface area contributed by atoms with E-state index < -0.39 is 0 Å². The number of esters is 2. The van der Waals surface area contributed by atoms with Crippen LogP contribution in [0.5, 0.6) is 0 Å². The second kappa shape index (κ2) is 14.0. The summed E-state index contributed by atoms with van der Waals surface area (Å²) in [7, 11) is 0. The average Bonchev–Trinajstić information content (AvgIpc) is 3.48. The van der Waals surface area contributed by atoms with Crippen molar-refractivity contribution in [2.75, 3.05) is 39.6 Å². The molecule has 0 aromatic heterocycles. The monoisotopic (exact) mass is 634 g/mol. The van der Waals surface area contributed by atoms with Crippen LogP contribution in [-0.4, -0.2) is 100 Å². The lowest BCUT2D eigenvalue weighted by Crippen LogP contribution is -2.32. The SMILES string of the molecule is C1CCC2(C1)CC1CCC2C1.CCOCCCOC(=O)C1CC2OC1C1OC21.CCOCCCOC(=O)C1CC2OC1C1OC21. The van der Waals surface area contributed by atoms with Crippen LogP contribution in [0, 0.1) is 29.1 Å². The number of fused-ring (bicyclic) bond motifs is 13. The van der Waals surface area contributed by atoms with Gasteiger partial charge in [-0.1, -0.05) is 19.3 Å². The van der Waals surface area contributed by atoms with Gasteiger partial charge in [-0.15, -0.1) is 0 Å². The van der Waals surface area contributed by atoms with Crippen molar-refractivity contribution in [3.05, 3.63) is 0 Å². The molecule has 6 heterocycles. The van der Waals surface area contributed by atoms with E-state index in [9.17, 15) is 9.59 Å². The topological polar surface area (TPSA) is 115 Å². The second-order valence-corrected chi connectivity index (χ2v) is 14.7. The molecule has 0 aromatic carbocycles. The van der Waals surface area contributed by atoms with Gasteiger partial charge in [-0.3, -0.25) is 9.59 Å². The maximum Gasteiger partial charge on any atom is 0.311 e. The summed E-state index contributed by atoms with van der Waals surface area (Å²) < 4.78 is 43.0. The molecule has 12 unspecified atom stereocenters. The number of ether oxygens (including phenoxy) is 8. The van der Waals surface area contributed by atoms with Crippen LogP contribution in [-0.2, 0) is 47.5 Å². The Morgan fingerprint density at radius 3 is 1.58 bits per heavy atom. The van der Waals surface area contributed by atoms with Gasteiger partial charge < -0.3 is 37.9 Å². The molecule has 0 radical (unpaired) electrons. The van der Waals surface area contributed by atoms with Gasteiger partial charge in [0.15, 0.2) is 0 Å². The molecule has 6 bridgehead atoms. The smallest absolute Gasteiger partial charge is 0.311 e. The highest BCUT2D eigenvalue weighted by atomic mass is 16.7. The van der Waals surface area contributed by atoms with E-state index in [0.717, 1.165) is 37.0 Å². The van der Waals surface area contributed by atoms with Crippen molar-refractivity contribution in [3.63, 3.8) is 0 Å². The third kappa shape index (κ3) is 6.84. The normalized spacial score (nSPS) is 42.4. The Labute approximate surface area is 267 Å². The number of carbonyl (C=O) groups excluding carboxylic acids is 2. The molecule has 10 nitrogen and oxygen atoms in total. The second-order valence-electron chi connectivity index (χ2n) is 14.7. The molecule has 6 aliphatic heterocycles. The quantitative estimate of drug-likeness (QED) is 0.174. The molecule has 0 N–H and O–H groups in total. The molecule has 12 atom stereocenters. The summed E-state index contributed by atoms with van der Waals surface area (Å²) in [5.74, 6) is 1.84. The van der Waals surface area contributed by atoms with Gasteiger partial charge >= 0.3 is 11.9 Å². The van der Waals surface area contributed by atoms with Crippen molar-refractivity contribution in [1.82, 2.24) is 0 Å². The molecule has 9 aliphatic rings. The summed E-state index contributed by atoms with van der Waals surface area (Å²) in [4.78, 5) is 23.7. The zero-order chi connectivity index (χ0) is 31.0. The standard InChI is InChI=1S/2C12H18O5.C11H18/c2*1-2-14-4-3-5-15-12(13)7-6-8-10-11(17-10)9(7)16-8;1-2-6-11(5-1)8-9-3-4-10(11)7-9/h2*7-11H,2-6H2,1H3;9-10H,1-8H2.